The zero-order valence-electron chi connectivity index (χ0n) is 12.5. The smallest absolute Gasteiger partial charge is 0.0734 e. The van der Waals surface area contributed by atoms with E-state index in [2.05, 4.69) is 61.5 Å². The first-order valence-corrected chi connectivity index (χ1v) is 7.49. The first kappa shape index (κ1) is 13.0. The number of benzene rings is 2. The summed E-state index contributed by atoms with van der Waals surface area (Å²) in [6.07, 6.45) is 0.759. The number of hydrogen-bond donors (Lipinski definition) is 0. The Balaban J connectivity index is 1.73. The molecular formula is C20H16N2. The van der Waals surface area contributed by atoms with Gasteiger partial charge < -0.3 is 0 Å². The van der Waals surface area contributed by atoms with Crippen molar-refractivity contribution in [1.82, 2.24) is 9.97 Å². The molecule has 2 aromatic heterocycles. The van der Waals surface area contributed by atoms with Gasteiger partial charge in [0.15, 0.2) is 0 Å². The molecule has 0 N–H and O–H groups in total. The highest BCUT2D eigenvalue weighted by molar-refractivity contribution is 5.82. The molecule has 0 bridgehead atoms. The van der Waals surface area contributed by atoms with Crippen LogP contribution in [0.3, 0.4) is 0 Å². The predicted molar refractivity (Wildman–Crippen MR) is 91.0 cm³/mol. The molecule has 0 unspecified atom stereocenters. The monoisotopic (exact) mass is 284 g/mol. The van der Waals surface area contributed by atoms with Crippen molar-refractivity contribution < 1.29 is 0 Å². The second-order valence-corrected chi connectivity index (χ2v) is 5.62. The molecule has 0 saturated carbocycles. The molecule has 0 aliphatic heterocycles. The lowest BCUT2D eigenvalue weighted by atomic mass is 10.1. The zero-order valence-corrected chi connectivity index (χ0v) is 12.5. The minimum atomic E-state index is 0.759. The van der Waals surface area contributed by atoms with E-state index in [1.165, 1.54) is 16.3 Å². The van der Waals surface area contributed by atoms with Crippen LogP contribution in [0.2, 0.25) is 0 Å². The minimum Gasteiger partial charge on any atom is -0.252 e. The number of aromatic nitrogens is 2. The quantitative estimate of drug-likeness (QED) is 0.534. The summed E-state index contributed by atoms with van der Waals surface area (Å²) in [5.41, 5.74) is 5.45. The first-order chi connectivity index (χ1) is 10.8. The van der Waals surface area contributed by atoms with Crippen LogP contribution in [0.5, 0.6) is 0 Å². The van der Waals surface area contributed by atoms with Crippen molar-refractivity contribution in [3.8, 4) is 0 Å². The van der Waals surface area contributed by atoms with E-state index in [1.54, 1.807) is 0 Å². The topological polar surface area (TPSA) is 25.8 Å². The number of pyridine rings is 2. The maximum Gasteiger partial charge on any atom is 0.0734 e. The van der Waals surface area contributed by atoms with Crippen LogP contribution in [-0.4, -0.2) is 9.97 Å². The van der Waals surface area contributed by atoms with E-state index in [4.69, 9.17) is 9.97 Å². The highest BCUT2D eigenvalue weighted by Gasteiger charge is 2.04. The number of fused-ring (bicyclic) bond motifs is 2. The van der Waals surface area contributed by atoms with E-state index in [9.17, 15) is 0 Å². The molecule has 0 aliphatic rings. The number of para-hydroxylation sites is 2. The summed E-state index contributed by atoms with van der Waals surface area (Å²) in [4.78, 5) is 9.54. The molecule has 0 fully saturated rings. The fraction of sp³-hybridized carbons (Fsp3) is 0.100. The SMILES string of the molecule is Cc1cccc2ccc(Cc3ccc4ccccc4n3)nc12. The van der Waals surface area contributed by atoms with E-state index in [0.717, 1.165) is 28.8 Å². The fourth-order valence-electron chi connectivity index (χ4n) is 2.83. The maximum atomic E-state index is 4.81. The second-order valence-electron chi connectivity index (χ2n) is 5.62. The Labute approximate surface area is 129 Å². The molecule has 0 amide bonds. The Bertz CT molecular complexity index is 973. The van der Waals surface area contributed by atoms with Crippen LogP contribution >= 0.6 is 0 Å². The molecule has 2 nitrogen and oxygen atoms in total. The summed E-state index contributed by atoms with van der Waals surface area (Å²) < 4.78 is 0. The lowest BCUT2D eigenvalue weighted by Gasteiger charge is -2.06. The molecule has 0 radical (unpaired) electrons. The molecule has 4 aromatic rings. The van der Waals surface area contributed by atoms with Crippen molar-refractivity contribution in [2.24, 2.45) is 0 Å². The molecule has 0 atom stereocenters. The van der Waals surface area contributed by atoms with Crippen molar-refractivity contribution in [2.45, 2.75) is 13.3 Å². The van der Waals surface area contributed by atoms with Crippen LogP contribution in [0.15, 0.2) is 66.7 Å². The molecule has 2 heterocycles. The van der Waals surface area contributed by atoms with E-state index in [-0.39, 0.29) is 0 Å². The molecule has 2 heteroatoms. The second kappa shape index (κ2) is 5.23. The van der Waals surface area contributed by atoms with E-state index < -0.39 is 0 Å². The van der Waals surface area contributed by atoms with Crippen LogP contribution in [0.1, 0.15) is 17.0 Å². The van der Waals surface area contributed by atoms with Gasteiger partial charge in [0.1, 0.15) is 0 Å². The van der Waals surface area contributed by atoms with Gasteiger partial charge in [0.2, 0.25) is 0 Å². The fourth-order valence-corrected chi connectivity index (χ4v) is 2.83. The third-order valence-electron chi connectivity index (χ3n) is 4.00. The molecule has 0 spiro atoms. The van der Waals surface area contributed by atoms with Gasteiger partial charge in [-0.15, -0.1) is 0 Å². The van der Waals surface area contributed by atoms with Crippen molar-refractivity contribution in [1.29, 1.82) is 0 Å². The number of aryl methyl sites for hydroxylation is 1. The molecule has 22 heavy (non-hydrogen) atoms. The summed E-state index contributed by atoms with van der Waals surface area (Å²) in [7, 11) is 0. The van der Waals surface area contributed by atoms with Crippen LogP contribution in [0.4, 0.5) is 0 Å². The Morgan fingerprint density at radius 3 is 2.32 bits per heavy atom. The third kappa shape index (κ3) is 2.33. The highest BCUT2D eigenvalue weighted by Crippen LogP contribution is 2.18. The van der Waals surface area contributed by atoms with Crippen molar-refractivity contribution in [3.63, 3.8) is 0 Å². The minimum absolute atomic E-state index is 0.759. The van der Waals surface area contributed by atoms with Gasteiger partial charge in [-0.2, -0.15) is 0 Å². The van der Waals surface area contributed by atoms with Gasteiger partial charge in [-0.05, 0) is 30.7 Å². The lowest BCUT2D eigenvalue weighted by Crippen LogP contribution is -1.96. The van der Waals surface area contributed by atoms with E-state index in [0.29, 0.717) is 0 Å². The van der Waals surface area contributed by atoms with Gasteiger partial charge in [0, 0.05) is 28.6 Å². The van der Waals surface area contributed by atoms with Gasteiger partial charge in [-0.25, -0.2) is 0 Å². The number of rotatable bonds is 2. The van der Waals surface area contributed by atoms with Crippen molar-refractivity contribution >= 4 is 21.8 Å². The Morgan fingerprint density at radius 1 is 0.682 bits per heavy atom. The summed E-state index contributed by atoms with van der Waals surface area (Å²) in [6, 6.07) is 22.9. The van der Waals surface area contributed by atoms with E-state index >= 15 is 0 Å². The zero-order chi connectivity index (χ0) is 14.9. The maximum absolute atomic E-state index is 4.81. The molecular weight excluding hydrogens is 268 g/mol. The van der Waals surface area contributed by atoms with Crippen LogP contribution in [0.25, 0.3) is 21.8 Å². The third-order valence-corrected chi connectivity index (χ3v) is 4.00. The molecule has 0 saturated heterocycles. The summed E-state index contributed by atoms with van der Waals surface area (Å²) in [6.45, 7) is 2.10. The molecule has 106 valence electrons. The first-order valence-electron chi connectivity index (χ1n) is 7.49. The molecule has 0 aliphatic carbocycles. The van der Waals surface area contributed by atoms with E-state index in [1.807, 2.05) is 12.1 Å². The lowest BCUT2D eigenvalue weighted by molar-refractivity contribution is 1.04. The Morgan fingerprint density at radius 2 is 1.41 bits per heavy atom. The average molecular weight is 284 g/mol. The highest BCUT2D eigenvalue weighted by atomic mass is 14.7. The van der Waals surface area contributed by atoms with Crippen LogP contribution in [-0.2, 0) is 6.42 Å². The van der Waals surface area contributed by atoms with Gasteiger partial charge in [-0.1, -0.05) is 48.5 Å². The van der Waals surface area contributed by atoms with Gasteiger partial charge in [0.05, 0.1) is 11.0 Å². The largest absolute Gasteiger partial charge is 0.252 e. The number of nitrogens with zero attached hydrogens (tertiary/aromatic N) is 2. The summed E-state index contributed by atoms with van der Waals surface area (Å²) in [5, 5.41) is 2.36. The normalized spacial score (nSPS) is 11.1. The van der Waals surface area contributed by atoms with Crippen LogP contribution in [0, 0.1) is 6.92 Å². The van der Waals surface area contributed by atoms with Crippen molar-refractivity contribution in [2.75, 3.05) is 0 Å². The molecule has 2 aromatic carbocycles. The number of hydrogen-bond acceptors (Lipinski definition) is 2. The average Bonchev–Trinajstić information content (AvgIpc) is 2.56. The van der Waals surface area contributed by atoms with Gasteiger partial charge >= 0.3 is 0 Å². The Hall–Kier alpha value is -2.74. The van der Waals surface area contributed by atoms with Gasteiger partial charge in [0.25, 0.3) is 0 Å². The standard InChI is InChI=1S/C20H16N2/c1-14-5-4-7-16-10-12-18(22-20(14)16)13-17-11-9-15-6-2-3-8-19(15)21-17/h2-12H,13H2,1H3. The van der Waals surface area contributed by atoms with Gasteiger partial charge in [-0.3, -0.25) is 9.97 Å². The van der Waals surface area contributed by atoms with Crippen molar-refractivity contribution in [3.05, 3.63) is 83.7 Å². The summed E-state index contributed by atoms with van der Waals surface area (Å²) >= 11 is 0. The predicted octanol–water partition coefficient (Wildman–Crippen LogP) is 4.68. The van der Waals surface area contributed by atoms with Crippen LogP contribution < -0.4 is 0 Å². The Kier molecular flexibility index (Phi) is 3.08. The summed E-state index contributed by atoms with van der Waals surface area (Å²) in [5.74, 6) is 0. The molecule has 4 rings (SSSR count).